The lowest BCUT2D eigenvalue weighted by Crippen LogP contribution is -2.16. The lowest BCUT2D eigenvalue weighted by molar-refractivity contribution is -0.384. The number of non-ortho nitro benzene ring substituents is 1. The van der Waals surface area contributed by atoms with Crippen LogP contribution in [0.25, 0.3) is 0 Å². The minimum atomic E-state index is -0.415. The van der Waals surface area contributed by atoms with E-state index in [1.54, 1.807) is 6.07 Å². The van der Waals surface area contributed by atoms with Gasteiger partial charge in [0.25, 0.3) is 5.69 Å². The van der Waals surface area contributed by atoms with Gasteiger partial charge in [0.1, 0.15) is 0 Å². The van der Waals surface area contributed by atoms with Crippen LogP contribution in [0, 0.1) is 10.1 Å². The Labute approximate surface area is 124 Å². The first kappa shape index (κ1) is 16.9. The third-order valence-electron chi connectivity index (χ3n) is 2.84. The second-order valence-corrected chi connectivity index (χ2v) is 4.94. The SMILES string of the molecule is CCCCOCCCNCc1cc([N+](=O)[O-])ccc1Cl. The van der Waals surface area contributed by atoms with E-state index < -0.39 is 4.92 Å². The number of nitro groups is 1. The van der Waals surface area contributed by atoms with E-state index in [9.17, 15) is 10.1 Å². The molecule has 1 rings (SSSR count). The second-order valence-electron chi connectivity index (χ2n) is 4.53. The first-order valence-electron chi connectivity index (χ1n) is 6.86. The topological polar surface area (TPSA) is 64.4 Å². The molecule has 0 heterocycles. The summed E-state index contributed by atoms with van der Waals surface area (Å²) in [5.41, 5.74) is 0.807. The van der Waals surface area contributed by atoms with Crippen molar-refractivity contribution < 1.29 is 9.66 Å². The molecule has 0 aromatic heterocycles. The normalized spacial score (nSPS) is 10.7. The molecule has 0 unspecified atom stereocenters. The van der Waals surface area contributed by atoms with Crippen LogP contribution in [-0.2, 0) is 11.3 Å². The summed E-state index contributed by atoms with van der Waals surface area (Å²) in [6, 6.07) is 4.48. The van der Waals surface area contributed by atoms with Gasteiger partial charge < -0.3 is 10.1 Å². The van der Waals surface area contributed by atoms with Gasteiger partial charge in [-0.3, -0.25) is 10.1 Å². The molecule has 1 N–H and O–H groups in total. The van der Waals surface area contributed by atoms with Crippen molar-refractivity contribution >= 4 is 17.3 Å². The molecule has 20 heavy (non-hydrogen) atoms. The molecule has 0 aliphatic heterocycles. The molecule has 5 nitrogen and oxygen atoms in total. The Morgan fingerprint density at radius 1 is 1.35 bits per heavy atom. The number of ether oxygens (including phenoxy) is 1. The zero-order valence-electron chi connectivity index (χ0n) is 11.7. The fourth-order valence-corrected chi connectivity index (χ4v) is 1.87. The molecule has 1 aromatic carbocycles. The summed E-state index contributed by atoms with van der Waals surface area (Å²) in [5, 5.41) is 14.4. The average molecular weight is 301 g/mol. The zero-order valence-corrected chi connectivity index (χ0v) is 12.5. The molecule has 0 aliphatic rings. The van der Waals surface area contributed by atoms with E-state index in [0.717, 1.165) is 44.6 Å². The van der Waals surface area contributed by atoms with Crippen molar-refractivity contribution in [1.29, 1.82) is 0 Å². The third-order valence-corrected chi connectivity index (χ3v) is 3.21. The summed E-state index contributed by atoms with van der Waals surface area (Å²) >= 11 is 6.01. The van der Waals surface area contributed by atoms with Crippen LogP contribution in [0.4, 0.5) is 5.69 Å². The maximum absolute atomic E-state index is 10.7. The summed E-state index contributed by atoms with van der Waals surface area (Å²) in [6.07, 6.45) is 3.15. The molecular weight excluding hydrogens is 280 g/mol. The lowest BCUT2D eigenvalue weighted by Gasteiger charge is -2.07. The van der Waals surface area contributed by atoms with Gasteiger partial charge in [-0.2, -0.15) is 0 Å². The highest BCUT2D eigenvalue weighted by molar-refractivity contribution is 6.31. The van der Waals surface area contributed by atoms with E-state index in [4.69, 9.17) is 16.3 Å². The van der Waals surface area contributed by atoms with Crippen molar-refractivity contribution in [2.75, 3.05) is 19.8 Å². The van der Waals surface area contributed by atoms with Crippen LogP contribution in [0.3, 0.4) is 0 Å². The smallest absolute Gasteiger partial charge is 0.269 e. The van der Waals surface area contributed by atoms with Crippen molar-refractivity contribution in [2.45, 2.75) is 32.7 Å². The third kappa shape index (κ3) is 6.32. The van der Waals surface area contributed by atoms with Crippen molar-refractivity contribution in [3.05, 3.63) is 38.9 Å². The largest absolute Gasteiger partial charge is 0.381 e. The first-order chi connectivity index (χ1) is 9.65. The number of nitro benzene ring substituents is 1. The van der Waals surface area contributed by atoms with Gasteiger partial charge in [-0.05, 0) is 31.0 Å². The predicted octanol–water partition coefficient (Wildman–Crippen LogP) is 3.54. The molecule has 0 aliphatic carbocycles. The fraction of sp³-hybridized carbons (Fsp3) is 0.571. The molecule has 0 bridgehead atoms. The van der Waals surface area contributed by atoms with E-state index in [0.29, 0.717) is 11.6 Å². The number of halogens is 1. The molecule has 0 fully saturated rings. The minimum Gasteiger partial charge on any atom is -0.381 e. The van der Waals surface area contributed by atoms with E-state index in [1.165, 1.54) is 12.1 Å². The highest BCUT2D eigenvalue weighted by atomic mass is 35.5. The van der Waals surface area contributed by atoms with Gasteiger partial charge in [0.05, 0.1) is 4.92 Å². The Kier molecular flexibility index (Phi) is 8.18. The molecule has 112 valence electrons. The molecule has 0 amide bonds. The highest BCUT2D eigenvalue weighted by Gasteiger charge is 2.09. The molecule has 0 spiro atoms. The monoisotopic (exact) mass is 300 g/mol. The first-order valence-corrected chi connectivity index (χ1v) is 7.24. The fourth-order valence-electron chi connectivity index (χ4n) is 1.68. The number of nitrogens with one attached hydrogen (secondary N) is 1. The van der Waals surface area contributed by atoms with E-state index in [2.05, 4.69) is 12.2 Å². The highest BCUT2D eigenvalue weighted by Crippen LogP contribution is 2.21. The van der Waals surface area contributed by atoms with Gasteiger partial charge in [0, 0.05) is 36.9 Å². The maximum Gasteiger partial charge on any atom is 0.269 e. The van der Waals surface area contributed by atoms with Crippen LogP contribution < -0.4 is 5.32 Å². The summed E-state index contributed by atoms with van der Waals surface area (Å²) in [4.78, 5) is 10.3. The minimum absolute atomic E-state index is 0.0640. The maximum atomic E-state index is 10.7. The summed E-state index contributed by atoms with van der Waals surface area (Å²) in [7, 11) is 0. The van der Waals surface area contributed by atoms with Crippen LogP contribution in [0.1, 0.15) is 31.7 Å². The number of nitrogens with zero attached hydrogens (tertiary/aromatic N) is 1. The summed E-state index contributed by atoms with van der Waals surface area (Å²) in [5.74, 6) is 0. The standard InChI is InChI=1S/C14H21ClN2O3/c1-2-3-8-20-9-4-7-16-11-12-10-13(17(18)19)5-6-14(12)15/h5-6,10,16H,2-4,7-9,11H2,1H3. The second kappa shape index (κ2) is 9.69. The molecule has 1 aromatic rings. The Morgan fingerprint density at radius 2 is 2.10 bits per heavy atom. The molecular formula is C14H21ClN2O3. The van der Waals surface area contributed by atoms with E-state index in [-0.39, 0.29) is 5.69 Å². The molecule has 0 radical (unpaired) electrons. The van der Waals surface area contributed by atoms with Crippen molar-refractivity contribution in [3.8, 4) is 0 Å². The number of unbranched alkanes of at least 4 members (excludes halogenated alkanes) is 1. The lowest BCUT2D eigenvalue weighted by atomic mass is 10.2. The quantitative estimate of drug-likeness (QED) is 0.408. The van der Waals surface area contributed by atoms with Gasteiger partial charge in [-0.1, -0.05) is 24.9 Å². The van der Waals surface area contributed by atoms with Gasteiger partial charge in [-0.15, -0.1) is 0 Å². The molecule has 0 saturated heterocycles. The Hall–Kier alpha value is -1.17. The predicted molar refractivity (Wildman–Crippen MR) is 80.2 cm³/mol. The van der Waals surface area contributed by atoms with Gasteiger partial charge in [0.15, 0.2) is 0 Å². The number of hydrogen-bond acceptors (Lipinski definition) is 4. The number of rotatable bonds is 10. The van der Waals surface area contributed by atoms with Crippen molar-refractivity contribution in [2.24, 2.45) is 0 Å². The average Bonchev–Trinajstić information content (AvgIpc) is 2.43. The summed E-state index contributed by atoms with van der Waals surface area (Å²) < 4.78 is 5.45. The van der Waals surface area contributed by atoms with Crippen molar-refractivity contribution in [3.63, 3.8) is 0 Å². The molecule has 0 saturated carbocycles. The number of hydrogen-bond donors (Lipinski definition) is 1. The van der Waals surface area contributed by atoms with Crippen LogP contribution in [0.5, 0.6) is 0 Å². The number of benzene rings is 1. The van der Waals surface area contributed by atoms with Crippen molar-refractivity contribution in [1.82, 2.24) is 5.32 Å². The van der Waals surface area contributed by atoms with Crippen LogP contribution in [-0.4, -0.2) is 24.7 Å². The van der Waals surface area contributed by atoms with Crippen LogP contribution in [0.2, 0.25) is 5.02 Å². The van der Waals surface area contributed by atoms with E-state index >= 15 is 0 Å². The molecule has 6 heteroatoms. The van der Waals surface area contributed by atoms with Gasteiger partial charge in [-0.25, -0.2) is 0 Å². The zero-order chi connectivity index (χ0) is 14.8. The van der Waals surface area contributed by atoms with Gasteiger partial charge in [0.2, 0.25) is 0 Å². The Bertz CT molecular complexity index is 427. The summed E-state index contributed by atoms with van der Waals surface area (Å²) in [6.45, 7) is 5.00. The Balaban J connectivity index is 2.24. The van der Waals surface area contributed by atoms with E-state index in [1.807, 2.05) is 0 Å². The van der Waals surface area contributed by atoms with Crippen LogP contribution >= 0.6 is 11.6 Å². The Morgan fingerprint density at radius 3 is 2.80 bits per heavy atom. The van der Waals surface area contributed by atoms with Gasteiger partial charge >= 0.3 is 0 Å². The van der Waals surface area contributed by atoms with Crippen LogP contribution in [0.15, 0.2) is 18.2 Å². The molecule has 0 atom stereocenters.